The molecule has 0 bridgehead atoms. The molecule has 2 aromatic rings. The highest BCUT2D eigenvalue weighted by Gasteiger charge is 2.15. The van der Waals surface area contributed by atoms with Gasteiger partial charge in [-0.1, -0.05) is 24.3 Å². The molecule has 1 saturated heterocycles. The third-order valence-corrected chi connectivity index (χ3v) is 5.41. The number of carbonyl (C=O) groups excluding carboxylic acids is 1. The van der Waals surface area contributed by atoms with Gasteiger partial charge in [-0.15, -0.1) is 0 Å². The SMILES string of the molecule is CN(C)C(CCCN1CCOCC1)CNC(=O)Cc1cc2ccccc2cn1. The van der Waals surface area contributed by atoms with Gasteiger partial charge in [0.25, 0.3) is 0 Å². The van der Waals surface area contributed by atoms with Crippen LogP contribution in [0.4, 0.5) is 0 Å². The molecule has 0 radical (unpaired) electrons. The summed E-state index contributed by atoms with van der Waals surface area (Å²) in [6.45, 7) is 5.52. The molecule has 1 unspecified atom stereocenters. The van der Waals surface area contributed by atoms with Crippen molar-refractivity contribution in [2.24, 2.45) is 0 Å². The molecule has 1 aromatic carbocycles. The summed E-state index contributed by atoms with van der Waals surface area (Å²) in [6, 6.07) is 10.4. The summed E-state index contributed by atoms with van der Waals surface area (Å²) < 4.78 is 5.40. The average Bonchev–Trinajstić information content (AvgIpc) is 2.71. The number of benzene rings is 1. The lowest BCUT2D eigenvalue weighted by molar-refractivity contribution is -0.120. The molecule has 1 amide bonds. The van der Waals surface area contributed by atoms with Crippen molar-refractivity contribution < 1.29 is 9.53 Å². The Labute approximate surface area is 167 Å². The number of aromatic nitrogens is 1. The van der Waals surface area contributed by atoms with Crippen molar-refractivity contribution >= 4 is 16.7 Å². The van der Waals surface area contributed by atoms with Crippen molar-refractivity contribution in [2.45, 2.75) is 25.3 Å². The summed E-state index contributed by atoms with van der Waals surface area (Å²) in [5, 5.41) is 5.31. The number of hydrogen-bond donors (Lipinski definition) is 1. The Morgan fingerprint density at radius 3 is 2.75 bits per heavy atom. The summed E-state index contributed by atoms with van der Waals surface area (Å²) >= 11 is 0. The largest absolute Gasteiger partial charge is 0.379 e. The third kappa shape index (κ3) is 6.26. The second kappa shape index (κ2) is 10.5. The molecule has 1 fully saturated rings. The fourth-order valence-electron chi connectivity index (χ4n) is 3.60. The molecule has 1 aromatic heterocycles. The van der Waals surface area contributed by atoms with Crippen molar-refractivity contribution in [2.75, 3.05) is 53.5 Å². The number of pyridine rings is 1. The van der Waals surface area contributed by atoms with Crippen LogP contribution in [0.15, 0.2) is 36.5 Å². The minimum absolute atomic E-state index is 0.0304. The number of ether oxygens (including phenoxy) is 1. The first-order chi connectivity index (χ1) is 13.6. The van der Waals surface area contributed by atoms with Crippen molar-refractivity contribution in [1.29, 1.82) is 0 Å². The van der Waals surface area contributed by atoms with Crippen LogP contribution < -0.4 is 5.32 Å². The maximum Gasteiger partial charge on any atom is 0.226 e. The minimum atomic E-state index is 0.0304. The minimum Gasteiger partial charge on any atom is -0.379 e. The molecule has 2 heterocycles. The summed E-state index contributed by atoms with van der Waals surface area (Å²) in [5.41, 5.74) is 0.810. The van der Waals surface area contributed by atoms with Crippen molar-refractivity contribution in [3.8, 4) is 0 Å². The zero-order valence-electron chi connectivity index (χ0n) is 17.1. The van der Waals surface area contributed by atoms with E-state index in [-0.39, 0.29) is 5.91 Å². The summed E-state index contributed by atoms with van der Waals surface area (Å²) in [4.78, 5) is 21.5. The number of amides is 1. The Hall–Kier alpha value is -2.02. The Balaban J connectivity index is 1.43. The first-order valence-electron chi connectivity index (χ1n) is 10.2. The fourth-order valence-corrected chi connectivity index (χ4v) is 3.60. The Morgan fingerprint density at radius 1 is 1.25 bits per heavy atom. The Morgan fingerprint density at radius 2 is 2.00 bits per heavy atom. The molecule has 1 aliphatic rings. The molecular formula is C22H32N4O2. The van der Waals surface area contributed by atoms with Gasteiger partial charge in [0.2, 0.25) is 5.91 Å². The molecular weight excluding hydrogens is 352 g/mol. The number of hydrogen-bond acceptors (Lipinski definition) is 5. The normalized spacial score (nSPS) is 16.4. The van der Waals surface area contributed by atoms with E-state index in [1.807, 2.05) is 30.5 Å². The maximum absolute atomic E-state index is 12.4. The van der Waals surface area contributed by atoms with E-state index in [1.54, 1.807) is 0 Å². The molecule has 1 aliphatic heterocycles. The topological polar surface area (TPSA) is 57.7 Å². The molecule has 0 aliphatic carbocycles. The first-order valence-corrected chi connectivity index (χ1v) is 10.2. The lowest BCUT2D eigenvalue weighted by atomic mass is 10.1. The first kappa shape index (κ1) is 20.7. The van der Waals surface area contributed by atoms with Crippen LogP contribution in [-0.2, 0) is 16.0 Å². The van der Waals surface area contributed by atoms with Gasteiger partial charge in [0.05, 0.1) is 25.3 Å². The van der Waals surface area contributed by atoms with Gasteiger partial charge in [0, 0.05) is 37.3 Å². The number of likely N-dealkylation sites (N-methyl/N-ethyl adjacent to an activating group) is 1. The van der Waals surface area contributed by atoms with E-state index in [0.29, 0.717) is 19.0 Å². The zero-order chi connectivity index (χ0) is 19.8. The summed E-state index contributed by atoms with van der Waals surface area (Å²) in [6.07, 6.45) is 4.36. The van der Waals surface area contributed by atoms with E-state index in [9.17, 15) is 4.79 Å². The van der Waals surface area contributed by atoms with Gasteiger partial charge < -0.3 is 15.0 Å². The van der Waals surface area contributed by atoms with Crippen molar-refractivity contribution in [3.63, 3.8) is 0 Å². The lowest BCUT2D eigenvalue weighted by Crippen LogP contribution is -2.42. The molecule has 6 nitrogen and oxygen atoms in total. The summed E-state index contributed by atoms with van der Waals surface area (Å²) in [7, 11) is 4.16. The van der Waals surface area contributed by atoms with Gasteiger partial charge in [-0.25, -0.2) is 0 Å². The van der Waals surface area contributed by atoms with Crippen LogP contribution in [0.3, 0.4) is 0 Å². The molecule has 1 N–H and O–H groups in total. The van der Waals surface area contributed by atoms with Crippen LogP contribution in [0.5, 0.6) is 0 Å². The van der Waals surface area contributed by atoms with Gasteiger partial charge in [0.1, 0.15) is 0 Å². The van der Waals surface area contributed by atoms with E-state index in [4.69, 9.17) is 4.74 Å². The molecule has 0 saturated carbocycles. The van der Waals surface area contributed by atoms with Crippen LogP contribution in [0.1, 0.15) is 18.5 Å². The van der Waals surface area contributed by atoms with Gasteiger partial charge in [-0.05, 0) is 44.9 Å². The van der Waals surface area contributed by atoms with Crippen LogP contribution >= 0.6 is 0 Å². The number of carbonyl (C=O) groups is 1. The van der Waals surface area contributed by atoms with Gasteiger partial charge in [0.15, 0.2) is 0 Å². The zero-order valence-corrected chi connectivity index (χ0v) is 17.1. The highest BCUT2D eigenvalue weighted by atomic mass is 16.5. The second-order valence-corrected chi connectivity index (χ2v) is 7.72. The maximum atomic E-state index is 12.4. The van der Waals surface area contributed by atoms with E-state index >= 15 is 0 Å². The van der Waals surface area contributed by atoms with Gasteiger partial charge >= 0.3 is 0 Å². The number of fused-ring (bicyclic) bond motifs is 1. The highest BCUT2D eigenvalue weighted by Crippen LogP contribution is 2.13. The predicted molar refractivity (Wildman–Crippen MR) is 112 cm³/mol. The van der Waals surface area contributed by atoms with E-state index in [1.165, 1.54) is 0 Å². The molecule has 0 spiro atoms. The quantitative estimate of drug-likeness (QED) is 0.716. The summed E-state index contributed by atoms with van der Waals surface area (Å²) in [5.74, 6) is 0.0304. The van der Waals surface area contributed by atoms with E-state index in [2.05, 4.69) is 40.3 Å². The van der Waals surface area contributed by atoms with Crippen LogP contribution in [-0.4, -0.2) is 80.2 Å². The molecule has 3 rings (SSSR count). The predicted octanol–water partition coefficient (Wildman–Crippen LogP) is 1.94. The number of nitrogens with one attached hydrogen (secondary N) is 1. The number of nitrogens with zero attached hydrogens (tertiary/aromatic N) is 3. The van der Waals surface area contributed by atoms with E-state index in [0.717, 1.165) is 62.2 Å². The molecule has 152 valence electrons. The monoisotopic (exact) mass is 384 g/mol. The number of morpholine rings is 1. The smallest absolute Gasteiger partial charge is 0.226 e. The van der Waals surface area contributed by atoms with Crippen LogP contribution in [0.2, 0.25) is 0 Å². The van der Waals surface area contributed by atoms with Crippen molar-refractivity contribution in [1.82, 2.24) is 20.1 Å². The van der Waals surface area contributed by atoms with Crippen LogP contribution in [0.25, 0.3) is 10.8 Å². The lowest BCUT2D eigenvalue weighted by Gasteiger charge is -2.29. The second-order valence-electron chi connectivity index (χ2n) is 7.72. The Kier molecular flexibility index (Phi) is 7.77. The third-order valence-electron chi connectivity index (χ3n) is 5.41. The molecule has 1 atom stereocenters. The fraction of sp³-hybridized carbons (Fsp3) is 0.545. The van der Waals surface area contributed by atoms with Gasteiger partial charge in [-0.3, -0.25) is 14.7 Å². The molecule has 28 heavy (non-hydrogen) atoms. The highest BCUT2D eigenvalue weighted by molar-refractivity contribution is 5.84. The van der Waals surface area contributed by atoms with Crippen molar-refractivity contribution in [3.05, 3.63) is 42.2 Å². The number of rotatable bonds is 9. The standard InChI is InChI=1S/C22H32N4O2/c1-25(2)21(8-5-9-26-10-12-28-13-11-26)17-24-22(27)15-20-14-18-6-3-4-7-19(18)16-23-20/h3-4,6-7,14,16,21H,5,8-13,15,17H2,1-2H3,(H,24,27). The van der Waals surface area contributed by atoms with Crippen LogP contribution in [0, 0.1) is 0 Å². The molecule has 6 heteroatoms. The Bertz CT molecular complexity index is 759. The average molecular weight is 385 g/mol. The van der Waals surface area contributed by atoms with Gasteiger partial charge in [-0.2, -0.15) is 0 Å². The van der Waals surface area contributed by atoms with E-state index < -0.39 is 0 Å².